The van der Waals surface area contributed by atoms with Gasteiger partial charge in [0.15, 0.2) is 6.61 Å². The zero-order chi connectivity index (χ0) is 23.5. The Bertz CT molecular complexity index is 1080. The van der Waals surface area contributed by atoms with Crippen molar-refractivity contribution in [3.63, 3.8) is 0 Å². The molecule has 3 rings (SSSR count). The Labute approximate surface area is 196 Å². The number of carbonyl (C=O) groups excluding carboxylic acids is 2. The number of aryl methyl sites for hydroxylation is 2. The summed E-state index contributed by atoms with van der Waals surface area (Å²) < 4.78 is 5.72. The second-order valence-corrected chi connectivity index (χ2v) is 8.13. The van der Waals surface area contributed by atoms with Crippen molar-refractivity contribution in [3.05, 3.63) is 101 Å². The van der Waals surface area contributed by atoms with Gasteiger partial charge < -0.3 is 15.4 Å². The highest BCUT2D eigenvalue weighted by Crippen LogP contribution is 2.18. The number of carbonyl (C=O) groups is 2. The lowest BCUT2D eigenvalue weighted by molar-refractivity contribution is -0.123. The van der Waals surface area contributed by atoms with Gasteiger partial charge in [-0.1, -0.05) is 66.7 Å². The fraction of sp³-hybridized carbons (Fsp3) is 0.286. The van der Waals surface area contributed by atoms with Crippen LogP contribution in [0, 0.1) is 13.8 Å². The maximum atomic E-state index is 12.4. The van der Waals surface area contributed by atoms with Crippen LogP contribution >= 0.6 is 0 Å². The molecule has 0 unspecified atom stereocenters. The lowest BCUT2D eigenvalue weighted by Gasteiger charge is -2.12. The molecular formula is C28H32N2O3. The summed E-state index contributed by atoms with van der Waals surface area (Å²) >= 11 is 0. The molecule has 5 nitrogen and oxygen atoms in total. The topological polar surface area (TPSA) is 67.4 Å². The van der Waals surface area contributed by atoms with Crippen LogP contribution in [0.15, 0.2) is 72.8 Å². The third kappa shape index (κ3) is 7.79. The number of benzene rings is 3. The van der Waals surface area contributed by atoms with E-state index in [1.54, 1.807) is 6.07 Å². The van der Waals surface area contributed by atoms with Gasteiger partial charge in [0.2, 0.25) is 5.91 Å². The molecule has 0 spiro atoms. The van der Waals surface area contributed by atoms with Crippen molar-refractivity contribution >= 4 is 11.8 Å². The van der Waals surface area contributed by atoms with Gasteiger partial charge in [0.1, 0.15) is 5.75 Å². The van der Waals surface area contributed by atoms with Gasteiger partial charge in [0, 0.05) is 18.7 Å². The fourth-order valence-corrected chi connectivity index (χ4v) is 3.67. The molecular weight excluding hydrogens is 412 g/mol. The summed E-state index contributed by atoms with van der Waals surface area (Å²) in [4.78, 5) is 24.6. The Kier molecular flexibility index (Phi) is 9.07. The highest BCUT2D eigenvalue weighted by Gasteiger charge is 2.11. The zero-order valence-corrected chi connectivity index (χ0v) is 19.4. The van der Waals surface area contributed by atoms with Gasteiger partial charge in [0.05, 0.1) is 6.42 Å². The van der Waals surface area contributed by atoms with Crippen molar-refractivity contribution in [1.29, 1.82) is 0 Å². The maximum absolute atomic E-state index is 12.4. The van der Waals surface area contributed by atoms with E-state index in [0.29, 0.717) is 18.8 Å². The van der Waals surface area contributed by atoms with Gasteiger partial charge in [-0.15, -0.1) is 0 Å². The predicted molar refractivity (Wildman–Crippen MR) is 131 cm³/mol. The van der Waals surface area contributed by atoms with Crippen molar-refractivity contribution < 1.29 is 14.3 Å². The third-order valence-electron chi connectivity index (χ3n) is 5.64. The average molecular weight is 445 g/mol. The fourth-order valence-electron chi connectivity index (χ4n) is 3.67. The van der Waals surface area contributed by atoms with Crippen molar-refractivity contribution in [2.45, 2.75) is 33.1 Å². The molecule has 0 saturated carbocycles. The summed E-state index contributed by atoms with van der Waals surface area (Å²) in [6.07, 6.45) is 1.77. The monoisotopic (exact) mass is 444 g/mol. The zero-order valence-electron chi connectivity index (χ0n) is 19.4. The number of hydrogen-bond donors (Lipinski definition) is 2. The average Bonchev–Trinajstić information content (AvgIpc) is 2.81. The molecule has 0 atom stereocenters. The second-order valence-electron chi connectivity index (χ2n) is 8.13. The van der Waals surface area contributed by atoms with E-state index >= 15 is 0 Å². The SMILES string of the molecule is Cc1ccccc1CCNC(=O)COc1ccccc1CC(=O)NCCc1ccccc1C. The molecule has 33 heavy (non-hydrogen) atoms. The van der Waals surface area contributed by atoms with E-state index in [4.69, 9.17) is 4.74 Å². The lowest BCUT2D eigenvalue weighted by atomic mass is 10.1. The van der Waals surface area contributed by atoms with E-state index in [2.05, 4.69) is 48.7 Å². The first-order chi connectivity index (χ1) is 16.0. The molecule has 0 saturated heterocycles. The molecule has 0 aliphatic carbocycles. The minimum atomic E-state index is -0.180. The Balaban J connectivity index is 1.42. The summed E-state index contributed by atoms with van der Waals surface area (Å²) in [5.74, 6) is 0.309. The van der Waals surface area contributed by atoms with Crippen LogP contribution < -0.4 is 15.4 Å². The number of amides is 2. The van der Waals surface area contributed by atoms with Gasteiger partial charge in [0.25, 0.3) is 5.91 Å². The quantitative estimate of drug-likeness (QED) is 0.471. The van der Waals surface area contributed by atoms with Crippen LogP contribution in [0.5, 0.6) is 5.75 Å². The van der Waals surface area contributed by atoms with Crippen molar-refractivity contribution in [1.82, 2.24) is 10.6 Å². The Morgan fingerprint density at radius 3 is 1.73 bits per heavy atom. The smallest absolute Gasteiger partial charge is 0.257 e. The second kappa shape index (κ2) is 12.4. The van der Waals surface area contributed by atoms with E-state index < -0.39 is 0 Å². The van der Waals surface area contributed by atoms with Crippen LogP contribution in [0.4, 0.5) is 0 Å². The Morgan fingerprint density at radius 2 is 1.15 bits per heavy atom. The molecule has 172 valence electrons. The molecule has 2 N–H and O–H groups in total. The molecule has 0 aliphatic rings. The van der Waals surface area contributed by atoms with Crippen LogP contribution in [-0.4, -0.2) is 31.5 Å². The van der Waals surface area contributed by atoms with E-state index in [0.717, 1.165) is 18.4 Å². The number of para-hydroxylation sites is 1. The van der Waals surface area contributed by atoms with Crippen LogP contribution in [0.3, 0.4) is 0 Å². The highest BCUT2D eigenvalue weighted by atomic mass is 16.5. The van der Waals surface area contributed by atoms with Crippen LogP contribution in [-0.2, 0) is 28.9 Å². The predicted octanol–water partition coefficient (Wildman–Crippen LogP) is 3.94. The summed E-state index contributed by atoms with van der Waals surface area (Å²) in [6.45, 7) is 5.19. The number of nitrogens with one attached hydrogen (secondary N) is 2. The highest BCUT2D eigenvalue weighted by molar-refractivity contribution is 5.80. The lowest BCUT2D eigenvalue weighted by Crippen LogP contribution is -2.31. The minimum absolute atomic E-state index is 0.0673. The third-order valence-corrected chi connectivity index (χ3v) is 5.64. The van der Waals surface area contributed by atoms with Gasteiger partial charge in [-0.25, -0.2) is 0 Å². The first kappa shape index (κ1) is 24.1. The molecule has 0 fully saturated rings. The van der Waals surface area contributed by atoms with E-state index in [-0.39, 0.29) is 24.8 Å². The van der Waals surface area contributed by atoms with E-state index in [1.165, 1.54) is 22.3 Å². The standard InChI is InChI=1S/C28H32N2O3/c1-21-9-3-5-11-23(21)15-17-29-27(31)19-25-13-7-8-14-26(25)33-20-28(32)30-18-16-24-12-6-4-10-22(24)2/h3-14H,15-20H2,1-2H3,(H,29,31)(H,30,32). The molecule has 0 radical (unpaired) electrons. The molecule has 0 bridgehead atoms. The van der Waals surface area contributed by atoms with Gasteiger partial charge >= 0.3 is 0 Å². The molecule has 2 amide bonds. The van der Waals surface area contributed by atoms with E-state index in [1.807, 2.05) is 42.5 Å². The largest absolute Gasteiger partial charge is 0.483 e. The number of hydrogen-bond acceptors (Lipinski definition) is 3. The molecule has 5 heteroatoms. The van der Waals surface area contributed by atoms with Gasteiger partial charge in [-0.3, -0.25) is 9.59 Å². The van der Waals surface area contributed by atoms with Crippen molar-refractivity contribution in [2.75, 3.05) is 19.7 Å². The Morgan fingerprint density at radius 1 is 0.667 bits per heavy atom. The normalized spacial score (nSPS) is 10.5. The van der Waals surface area contributed by atoms with Crippen molar-refractivity contribution in [3.8, 4) is 5.75 Å². The number of ether oxygens (including phenoxy) is 1. The summed E-state index contributed by atoms with van der Waals surface area (Å²) in [7, 11) is 0. The number of rotatable bonds is 11. The summed E-state index contributed by atoms with van der Waals surface area (Å²) in [6, 6.07) is 23.7. The molecule has 0 aliphatic heterocycles. The van der Waals surface area contributed by atoms with Gasteiger partial charge in [-0.05, 0) is 55.0 Å². The molecule has 0 aromatic heterocycles. The van der Waals surface area contributed by atoms with Crippen LogP contribution in [0.1, 0.15) is 27.8 Å². The molecule has 0 heterocycles. The Hall–Kier alpha value is -3.60. The molecule has 3 aromatic rings. The first-order valence-electron chi connectivity index (χ1n) is 11.4. The maximum Gasteiger partial charge on any atom is 0.257 e. The van der Waals surface area contributed by atoms with E-state index in [9.17, 15) is 9.59 Å². The first-order valence-corrected chi connectivity index (χ1v) is 11.4. The van der Waals surface area contributed by atoms with Crippen LogP contribution in [0.2, 0.25) is 0 Å². The minimum Gasteiger partial charge on any atom is -0.483 e. The van der Waals surface area contributed by atoms with Crippen molar-refractivity contribution in [2.24, 2.45) is 0 Å². The summed E-state index contributed by atoms with van der Waals surface area (Å²) in [5, 5.41) is 5.87. The molecule has 3 aromatic carbocycles. The van der Waals surface area contributed by atoms with Crippen LogP contribution in [0.25, 0.3) is 0 Å². The summed E-state index contributed by atoms with van der Waals surface area (Å²) in [5.41, 5.74) is 5.66. The van der Waals surface area contributed by atoms with Gasteiger partial charge in [-0.2, -0.15) is 0 Å².